The van der Waals surface area contributed by atoms with Crippen LogP contribution in [0.1, 0.15) is 450 Å². The molecule has 0 heterocycles. The molecule has 0 aliphatic rings. The zero-order chi connectivity index (χ0) is 70.0. The molecule has 0 radical (unpaired) electrons. The minimum absolute atomic E-state index is 0.0562. The van der Waals surface area contributed by atoms with Crippen LogP contribution in [0, 0.1) is 0 Å². The van der Waals surface area contributed by atoms with E-state index in [0.717, 1.165) is 57.8 Å². The summed E-state index contributed by atoms with van der Waals surface area (Å²) in [6.07, 6.45) is 110. The number of nitrogens with two attached hydrogens (primary N) is 1. The van der Waals surface area contributed by atoms with Gasteiger partial charge in [-0.3, -0.25) is 18.6 Å². The molecule has 0 saturated heterocycles. The molecule has 0 rings (SSSR count). The van der Waals surface area contributed by atoms with Crippen molar-refractivity contribution in [3.05, 3.63) is 60.8 Å². The van der Waals surface area contributed by atoms with Gasteiger partial charge in [0.25, 0.3) is 0 Å². The quantitative estimate of drug-likeness (QED) is 0.0264. The van der Waals surface area contributed by atoms with Crippen molar-refractivity contribution in [2.24, 2.45) is 5.73 Å². The molecule has 0 fully saturated rings. The molecular formula is C87H164NO8P. The van der Waals surface area contributed by atoms with Gasteiger partial charge in [0.15, 0.2) is 6.10 Å². The summed E-state index contributed by atoms with van der Waals surface area (Å²) < 4.78 is 33.3. The van der Waals surface area contributed by atoms with Crippen LogP contribution in [0.2, 0.25) is 0 Å². The molecule has 0 aromatic carbocycles. The van der Waals surface area contributed by atoms with Crippen LogP contribution in [0.5, 0.6) is 0 Å². The van der Waals surface area contributed by atoms with E-state index >= 15 is 0 Å². The highest BCUT2D eigenvalue weighted by Gasteiger charge is 2.26. The summed E-state index contributed by atoms with van der Waals surface area (Å²) in [4.78, 5) is 35.5. The molecule has 97 heavy (non-hydrogen) atoms. The van der Waals surface area contributed by atoms with Gasteiger partial charge in [-0.1, -0.05) is 421 Å². The first-order chi connectivity index (χ1) is 47.8. The molecule has 0 spiro atoms. The van der Waals surface area contributed by atoms with Crippen molar-refractivity contribution in [3.8, 4) is 0 Å². The first-order valence-corrected chi connectivity index (χ1v) is 44.3. The summed E-state index contributed by atoms with van der Waals surface area (Å²) in [6.45, 7) is 3.72. The second-order valence-electron chi connectivity index (χ2n) is 29.0. The van der Waals surface area contributed by atoms with E-state index in [1.807, 2.05) is 0 Å². The predicted molar refractivity (Wildman–Crippen MR) is 423 cm³/mol. The molecule has 0 aliphatic carbocycles. The van der Waals surface area contributed by atoms with Crippen LogP contribution < -0.4 is 5.73 Å². The fourth-order valence-electron chi connectivity index (χ4n) is 13.1. The number of phosphoric acid groups is 1. The van der Waals surface area contributed by atoms with E-state index in [9.17, 15) is 19.0 Å². The Morgan fingerprint density at radius 1 is 0.320 bits per heavy atom. The molecule has 9 nitrogen and oxygen atoms in total. The summed E-state index contributed by atoms with van der Waals surface area (Å²) in [5.74, 6) is -0.800. The van der Waals surface area contributed by atoms with Crippen LogP contribution in [0.4, 0.5) is 0 Å². The first kappa shape index (κ1) is 94.7. The lowest BCUT2D eigenvalue weighted by Gasteiger charge is -2.19. The molecule has 0 aromatic rings. The Bertz CT molecular complexity index is 1780. The summed E-state index contributed by atoms with van der Waals surface area (Å²) in [5, 5.41) is 0. The molecule has 0 amide bonds. The SMILES string of the molecule is CC/C=C\C/C=C\C/C=C\C/C=C\CCCCCCCCCCCCCCCCCCCCCCCCCCCCC(=O)OC(COC(=O)CCCCCCCCCCCCCCCCCCCCCCCCCCC/C=C\CCCCCCCCCC)COP(=O)(O)OCCN. The van der Waals surface area contributed by atoms with Gasteiger partial charge in [0.05, 0.1) is 13.2 Å². The highest BCUT2D eigenvalue weighted by Crippen LogP contribution is 2.43. The van der Waals surface area contributed by atoms with Crippen LogP contribution in [0.15, 0.2) is 60.8 Å². The van der Waals surface area contributed by atoms with E-state index in [1.54, 1.807) is 0 Å². The maximum absolute atomic E-state index is 12.8. The number of unbranched alkanes of at least 4 members (excludes halogenated alkanes) is 59. The van der Waals surface area contributed by atoms with Crippen LogP contribution in [-0.2, 0) is 32.7 Å². The first-order valence-electron chi connectivity index (χ1n) is 42.8. The largest absolute Gasteiger partial charge is 0.472 e. The van der Waals surface area contributed by atoms with Gasteiger partial charge in [0.1, 0.15) is 6.61 Å². The maximum Gasteiger partial charge on any atom is 0.472 e. The lowest BCUT2D eigenvalue weighted by atomic mass is 10.0. The van der Waals surface area contributed by atoms with E-state index < -0.39 is 26.5 Å². The normalized spacial score (nSPS) is 13.1. The van der Waals surface area contributed by atoms with Crippen molar-refractivity contribution in [1.82, 2.24) is 0 Å². The van der Waals surface area contributed by atoms with Crippen LogP contribution >= 0.6 is 7.82 Å². The van der Waals surface area contributed by atoms with Crippen LogP contribution in [0.25, 0.3) is 0 Å². The number of ether oxygens (including phenoxy) is 2. The highest BCUT2D eigenvalue weighted by atomic mass is 31.2. The molecule has 3 N–H and O–H groups in total. The minimum Gasteiger partial charge on any atom is -0.462 e. The standard InChI is InChI=1S/C87H164NO8P/c1-3-5-7-9-11-13-15-17-19-21-23-25-27-29-31-33-35-37-39-41-42-44-46-48-50-52-54-56-58-60-62-64-66-68-70-72-74-76-78-80-87(90)96-85(84-95-97(91,92)94-82-81-88)83-93-86(89)79-77-75-73-71-69-67-65-63-61-59-57-55-53-51-49-47-45-43-40-38-36-34-32-30-28-26-24-22-20-18-16-14-12-10-8-6-4-2/h5,7,11,13,17,19,22-25,85H,3-4,6,8-10,12,14-16,18,20-21,26-84,88H2,1-2H3,(H,91,92)/b7-5-,13-11-,19-17-,24-22-,25-23-. The Kier molecular flexibility index (Phi) is 80.7. The number of hydrogen-bond donors (Lipinski definition) is 2. The zero-order valence-electron chi connectivity index (χ0n) is 64.6. The molecule has 570 valence electrons. The molecule has 2 atom stereocenters. The average Bonchev–Trinajstić information content (AvgIpc) is 2.88. The van der Waals surface area contributed by atoms with Crippen molar-refractivity contribution in [2.75, 3.05) is 26.4 Å². The third-order valence-corrected chi connectivity index (χ3v) is 20.4. The fourth-order valence-corrected chi connectivity index (χ4v) is 13.9. The number of carbonyl (C=O) groups excluding carboxylic acids is 2. The lowest BCUT2D eigenvalue weighted by Crippen LogP contribution is -2.29. The molecule has 0 saturated carbocycles. The van der Waals surface area contributed by atoms with Crippen molar-refractivity contribution in [3.63, 3.8) is 0 Å². The molecule has 0 bridgehead atoms. The van der Waals surface area contributed by atoms with Gasteiger partial charge < -0.3 is 20.1 Å². The van der Waals surface area contributed by atoms with Crippen molar-refractivity contribution in [1.29, 1.82) is 0 Å². The van der Waals surface area contributed by atoms with Gasteiger partial charge in [-0.05, 0) is 77.0 Å². The van der Waals surface area contributed by atoms with E-state index in [0.29, 0.717) is 6.42 Å². The number of phosphoric ester groups is 1. The Balaban J connectivity index is 3.71. The smallest absolute Gasteiger partial charge is 0.462 e. The second kappa shape index (κ2) is 82.7. The molecule has 0 aliphatic heterocycles. The van der Waals surface area contributed by atoms with E-state index in [-0.39, 0.29) is 38.6 Å². The van der Waals surface area contributed by atoms with Crippen LogP contribution in [-0.4, -0.2) is 49.3 Å². The van der Waals surface area contributed by atoms with Crippen molar-refractivity contribution < 1.29 is 37.6 Å². The average molecular weight is 1380 g/mol. The number of allylic oxidation sites excluding steroid dienone is 10. The third-order valence-electron chi connectivity index (χ3n) is 19.4. The van der Waals surface area contributed by atoms with E-state index in [4.69, 9.17) is 24.3 Å². The fraction of sp³-hybridized carbons (Fsp3) is 0.862. The monoisotopic (exact) mass is 1380 g/mol. The Hall–Kier alpha value is -2.29. The zero-order valence-corrected chi connectivity index (χ0v) is 65.5. The van der Waals surface area contributed by atoms with Gasteiger partial charge in [0, 0.05) is 19.4 Å². The number of hydrogen-bond acceptors (Lipinski definition) is 8. The summed E-state index contributed by atoms with van der Waals surface area (Å²) in [5.41, 5.74) is 5.42. The molecule has 2 unspecified atom stereocenters. The molecule has 0 aromatic heterocycles. The van der Waals surface area contributed by atoms with Gasteiger partial charge in [0.2, 0.25) is 0 Å². The van der Waals surface area contributed by atoms with Crippen molar-refractivity contribution >= 4 is 19.8 Å². The van der Waals surface area contributed by atoms with Gasteiger partial charge in [-0.15, -0.1) is 0 Å². The Labute approximate surface area is 603 Å². The van der Waals surface area contributed by atoms with E-state index in [2.05, 4.69) is 74.6 Å². The van der Waals surface area contributed by atoms with Crippen molar-refractivity contribution in [2.45, 2.75) is 457 Å². The lowest BCUT2D eigenvalue weighted by molar-refractivity contribution is -0.161. The molecule has 10 heteroatoms. The summed E-state index contributed by atoms with van der Waals surface area (Å²) in [7, 11) is -4.40. The number of carbonyl (C=O) groups is 2. The molecular weight excluding hydrogens is 1220 g/mol. The predicted octanol–water partition coefficient (Wildman–Crippen LogP) is 28.9. The second-order valence-corrected chi connectivity index (χ2v) is 30.5. The topological polar surface area (TPSA) is 134 Å². The van der Waals surface area contributed by atoms with E-state index in [1.165, 1.54) is 360 Å². The Morgan fingerprint density at radius 2 is 0.567 bits per heavy atom. The third kappa shape index (κ3) is 82.6. The summed E-state index contributed by atoms with van der Waals surface area (Å²) >= 11 is 0. The van der Waals surface area contributed by atoms with Gasteiger partial charge in [-0.2, -0.15) is 0 Å². The summed E-state index contributed by atoms with van der Waals surface area (Å²) in [6, 6.07) is 0. The van der Waals surface area contributed by atoms with Crippen LogP contribution in [0.3, 0.4) is 0 Å². The van der Waals surface area contributed by atoms with Gasteiger partial charge in [-0.25, -0.2) is 4.57 Å². The highest BCUT2D eigenvalue weighted by molar-refractivity contribution is 7.47. The Morgan fingerprint density at radius 3 is 0.856 bits per heavy atom. The number of esters is 2. The minimum atomic E-state index is -4.40. The maximum atomic E-state index is 12.8. The number of rotatable bonds is 82. The van der Waals surface area contributed by atoms with Gasteiger partial charge >= 0.3 is 19.8 Å².